The number of primary amides is 1. The maximum absolute atomic E-state index is 14.1. The molecule has 17 heteroatoms. The topological polar surface area (TPSA) is 285 Å². The van der Waals surface area contributed by atoms with Crippen LogP contribution >= 0.6 is 0 Å². The number of phenols is 1. The highest BCUT2D eigenvalue weighted by atomic mass is 16.7. The molecule has 388 valence electrons. The number of aliphatic hydroxyl groups is 3. The molecule has 0 aliphatic carbocycles. The van der Waals surface area contributed by atoms with E-state index >= 15 is 0 Å². The standard InChI is InChI=1S/C52H84N6O11/c1-6-7-8-9-10-11-12-13-14-15-16-17-18-24-29-68-50-44(62)42(60)43(61)45(69-50)49(66)55-28-23-22-27-40(56-46(63)39(53)33-38-34(2)30-37(59)31-35(38)3)47(64)57-41(32-36-25-20-19-21-26-36)48(65)58-52(4,5)51(54)67/h19-21,25-26,30-31,39-45,50,59-62H,6-18,22-24,27-29,32-33,53H2,1-5H3,(H2,54,67)(H,55,66)(H,56,63)(H,57,64)(H,58,65)/t39-,40+,41-,42-,43-,44+,45-,50+/m0/s1. The highest BCUT2D eigenvalue weighted by molar-refractivity contribution is 5.95. The van der Waals surface area contributed by atoms with Gasteiger partial charge in [0.2, 0.25) is 23.6 Å². The molecule has 0 saturated carbocycles. The van der Waals surface area contributed by atoms with Crippen molar-refractivity contribution in [1.82, 2.24) is 21.3 Å². The van der Waals surface area contributed by atoms with Crippen LogP contribution in [0.25, 0.3) is 0 Å². The van der Waals surface area contributed by atoms with Crippen molar-refractivity contribution < 1.29 is 53.9 Å². The Kier molecular flexibility index (Phi) is 26.2. The van der Waals surface area contributed by atoms with E-state index in [1.807, 2.05) is 0 Å². The van der Waals surface area contributed by atoms with E-state index in [-0.39, 0.29) is 51.0 Å². The molecule has 1 aliphatic rings. The number of aryl methyl sites for hydroxylation is 2. The molecule has 1 saturated heterocycles. The first-order valence-electron chi connectivity index (χ1n) is 25.3. The number of rotatable bonds is 33. The predicted molar refractivity (Wildman–Crippen MR) is 264 cm³/mol. The summed E-state index contributed by atoms with van der Waals surface area (Å²) in [5.41, 5.74) is 13.4. The Morgan fingerprint density at radius 3 is 1.83 bits per heavy atom. The zero-order valence-electron chi connectivity index (χ0n) is 41.8. The smallest absolute Gasteiger partial charge is 0.252 e. The normalized spacial score (nSPS) is 19.5. The summed E-state index contributed by atoms with van der Waals surface area (Å²) in [6.07, 6.45) is 9.69. The zero-order chi connectivity index (χ0) is 50.9. The summed E-state index contributed by atoms with van der Waals surface area (Å²) in [5, 5.41) is 52.7. The fraction of sp³-hybridized carbons (Fsp3) is 0.673. The van der Waals surface area contributed by atoms with Gasteiger partial charge < -0.3 is 62.6 Å². The highest BCUT2D eigenvalue weighted by Crippen LogP contribution is 2.24. The summed E-state index contributed by atoms with van der Waals surface area (Å²) in [5.74, 6) is -3.45. The van der Waals surface area contributed by atoms with Gasteiger partial charge in [-0.25, -0.2) is 0 Å². The minimum Gasteiger partial charge on any atom is -0.508 e. The fourth-order valence-corrected chi connectivity index (χ4v) is 8.42. The van der Waals surface area contributed by atoms with E-state index in [1.165, 1.54) is 78.1 Å². The maximum Gasteiger partial charge on any atom is 0.252 e. The van der Waals surface area contributed by atoms with Crippen LogP contribution in [0.4, 0.5) is 0 Å². The van der Waals surface area contributed by atoms with Crippen LogP contribution in [0.3, 0.4) is 0 Å². The first-order chi connectivity index (χ1) is 32.9. The van der Waals surface area contributed by atoms with E-state index in [2.05, 4.69) is 28.2 Å². The van der Waals surface area contributed by atoms with E-state index < -0.39 is 83.9 Å². The Morgan fingerprint density at radius 1 is 0.710 bits per heavy atom. The summed E-state index contributed by atoms with van der Waals surface area (Å²) in [6.45, 7) is 8.99. The quantitative estimate of drug-likeness (QED) is 0.0454. The van der Waals surface area contributed by atoms with Gasteiger partial charge in [0.1, 0.15) is 41.7 Å². The van der Waals surface area contributed by atoms with E-state index in [9.17, 15) is 44.4 Å². The maximum atomic E-state index is 14.1. The lowest BCUT2D eigenvalue weighted by Crippen LogP contribution is -2.62. The summed E-state index contributed by atoms with van der Waals surface area (Å²) in [6, 6.07) is 8.58. The number of hydrogen-bond donors (Lipinski definition) is 10. The molecule has 0 bridgehead atoms. The summed E-state index contributed by atoms with van der Waals surface area (Å²) in [4.78, 5) is 66.8. The van der Waals surface area contributed by atoms with Gasteiger partial charge in [0.25, 0.3) is 5.91 Å². The molecule has 1 aliphatic heterocycles. The van der Waals surface area contributed by atoms with Gasteiger partial charge in [0.15, 0.2) is 12.4 Å². The molecule has 12 N–H and O–H groups in total. The second-order valence-corrected chi connectivity index (χ2v) is 19.3. The summed E-state index contributed by atoms with van der Waals surface area (Å²) >= 11 is 0. The molecule has 5 amide bonds. The lowest BCUT2D eigenvalue weighted by molar-refractivity contribution is -0.290. The van der Waals surface area contributed by atoms with Gasteiger partial charge >= 0.3 is 0 Å². The van der Waals surface area contributed by atoms with Gasteiger partial charge in [0, 0.05) is 19.6 Å². The van der Waals surface area contributed by atoms with Crippen molar-refractivity contribution in [3.8, 4) is 5.75 Å². The van der Waals surface area contributed by atoms with E-state index in [4.69, 9.17) is 20.9 Å². The van der Waals surface area contributed by atoms with Crippen molar-refractivity contribution in [2.75, 3.05) is 13.2 Å². The molecule has 69 heavy (non-hydrogen) atoms. The molecule has 2 aromatic rings. The Morgan fingerprint density at radius 2 is 1.26 bits per heavy atom. The second kappa shape index (κ2) is 30.8. The third-order valence-corrected chi connectivity index (χ3v) is 12.9. The number of unbranched alkanes of at least 4 members (excludes halogenated alkanes) is 14. The van der Waals surface area contributed by atoms with Gasteiger partial charge in [-0.1, -0.05) is 121 Å². The van der Waals surface area contributed by atoms with Crippen molar-refractivity contribution in [3.63, 3.8) is 0 Å². The third-order valence-electron chi connectivity index (χ3n) is 12.9. The van der Waals surface area contributed by atoms with Gasteiger partial charge in [-0.3, -0.25) is 24.0 Å². The van der Waals surface area contributed by atoms with Crippen molar-refractivity contribution in [2.45, 2.75) is 211 Å². The van der Waals surface area contributed by atoms with E-state index in [0.29, 0.717) is 12.0 Å². The predicted octanol–water partition coefficient (Wildman–Crippen LogP) is 4.06. The highest BCUT2D eigenvalue weighted by Gasteiger charge is 2.47. The fourth-order valence-electron chi connectivity index (χ4n) is 8.42. The first-order valence-corrected chi connectivity index (χ1v) is 25.3. The van der Waals surface area contributed by atoms with Gasteiger partial charge in [0.05, 0.1) is 6.04 Å². The van der Waals surface area contributed by atoms with Crippen LogP contribution in [0.2, 0.25) is 0 Å². The van der Waals surface area contributed by atoms with Gasteiger partial charge in [-0.05, 0) is 94.2 Å². The average Bonchev–Trinajstić information content (AvgIpc) is 3.30. The Bertz CT molecular complexity index is 1860. The molecule has 0 aromatic heterocycles. The largest absolute Gasteiger partial charge is 0.508 e. The monoisotopic (exact) mass is 969 g/mol. The van der Waals surface area contributed by atoms with Crippen LogP contribution in [0.15, 0.2) is 42.5 Å². The molecule has 3 rings (SSSR count). The summed E-state index contributed by atoms with van der Waals surface area (Å²) in [7, 11) is 0. The zero-order valence-corrected chi connectivity index (χ0v) is 41.8. The molecule has 1 heterocycles. The van der Waals surface area contributed by atoms with E-state index in [1.54, 1.807) is 56.3 Å². The molecule has 0 spiro atoms. The molecule has 2 aromatic carbocycles. The molecule has 0 unspecified atom stereocenters. The average molecular weight is 969 g/mol. The number of hydrogen-bond acceptors (Lipinski definition) is 12. The molecule has 17 nitrogen and oxygen atoms in total. The molecular formula is C52H84N6O11. The van der Waals surface area contributed by atoms with Gasteiger partial charge in [-0.2, -0.15) is 0 Å². The van der Waals surface area contributed by atoms with Crippen molar-refractivity contribution in [2.24, 2.45) is 11.5 Å². The van der Waals surface area contributed by atoms with Crippen LogP contribution < -0.4 is 32.7 Å². The van der Waals surface area contributed by atoms with Crippen molar-refractivity contribution in [3.05, 3.63) is 64.7 Å². The molecule has 0 radical (unpaired) electrons. The number of carbonyl (C=O) groups excluding carboxylic acids is 5. The van der Waals surface area contributed by atoms with Crippen LogP contribution in [0.5, 0.6) is 5.75 Å². The number of nitrogens with one attached hydrogen (secondary N) is 4. The number of aromatic hydroxyl groups is 1. The van der Waals surface area contributed by atoms with Gasteiger partial charge in [-0.15, -0.1) is 0 Å². The van der Waals surface area contributed by atoms with Crippen LogP contribution in [-0.2, 0) is 46.3 Å². The number of aliphatic hydroxyl groups excluding tert-OH is 3. The third kappa shape index (κ3) is 20.7. The number of ether oxygens (including phenoxy) is 2. The molecule has 1 fully saturated rings. The van der Waals surface area contributed by atoms with E-state index in [0.717, 1.165) is 36.0 Å². The van der Waals surface area contributed by atoms with Crippen LogP contribution in [0.1, 0.15) is 152 Å². The minimum atomic E-state index is -1.72. The van der Waals surface area contributed by atoms with Crippen LogP contribution in [0, 0.1) is 13.8 Å². The number of amides is 5. The number of nitrogens with two attached hydrogens (primary N) is 2. The lowest BCUT2D eigenvalue weighted by Gasteiger charge is -2.39. The summed E-state index contributed by atoms with van der Waals surface area (Å²) < 4.78 is 11.4. The number of benzene rings is 2. The minimum absolute atomic E-state index is 0.0467. The Labute approximate surface area is 409 Å². The second-order valence-electron chi connectivity index (χ2n) is 19.3. The van der Waals surface area contributed by atoms with Crippen molar-refractivity contribution in [1.29, 1.82) is 0 Å². The number of phenolic OH excluding ortho intramolecular Hbond substituents is 1. The molecule has 8 atom stereocenters. The van der Waals surface area contributed by atoms with Crippen LogP contribution in [-0.4, -0.2) is 117 Å². The first kappa shape index (κ1) is 58.7. The number of carbonyl (C=O) groups is 5. The molecular weight excluding hydrogens is 885 g/mol. The lowest BCUT2D eigenvalue weighted by atomic mass is 9.95. The SMILES string of the molecule is CCCCCCCCCCCCCCCCO[C@@H]1O[C@H](C(=O)NCCCC[C@@H](NC(=O)[C@@H](N)Cc2c(C)cc(O)cc2C)C(=O)N[C@@H](Cc2ccccc2)C(=O)NC(C)(C)C(N)=O)[C@@H](O)[C@H](O)[C@H]1O. The Hall–Kier alpha value is -4.65. The van der Waals surface area contributed by atoms with Crippen molar-refractivity contribution >= 4 is 29.5 Å². The Balaban J connectivity index is 1.57.